The third-order valence-electron chi connectivity index (χ3n) is 4.76. The molecule has 0 unspecified atom stereocenters. The first-order valence-corrected chi connectivity index (χ1v) is 9.93. The average Bonchev–Trinajstić information content (AvgIpc) is 2.73. The number of carbonyl (C=O) groups excluding carboxylic acids is 1. The van der Waals surface area contributed by atoms with E-state index in [1.54, 1.807) is 6.07 Å². The van der Waals surface area contributed by atoms with Crippen LogP contribution in [0.1, 0.15) is 27.8 Å². The summed E-state index contributed by atoms with van der Waals surface area (Å²) in [6.45, 7) is 1.75. The van der Waals surface area contributed by atoms with Crippen LogP contribution in [0.25, 0.3) is 5.76 Å². The van der Waals surface area contributed by atoms with E-state index in [-0.39, 0.29) is 22.7 Å². The fourth-order valence-corrected chi connectivity index (χ4v) is 3.47. The molecule has 164 valence electrons. The van der Waals surface area contributed by atoms with E-state index in [2.05, 4.69) is 0 Å². The molecular weight excluding hydrogens is 437 g/mol. The number of halogens is 2. The quantitative estimate of drug-likeness (QED) is 0.317. The van der Waals surface area contributed by atoms with E-state index in [1.165, 1.54) is 29.0 Å². The van der Waals surface area contributed by atoms with Crippen LogP contribution in [-0.4, -0.2) is 26.5 Å². The van der Waals surface area contributed by atoms with Crippen molar-refractivity contribution < 1.29 is 24.2 Å². The van der Waals surface area contributed by atoms with Gasteiger partial charge in [0.05, 0.1) is 17.1 Å². The Balaban J connectivity index is 2.12. The highest BCUT2D eigenvalue weighted by Crippen LogP contribution is 2.20. The number of carboxylic acids is 1. The summed E-state index contributed by atoms with van der Waals surface area (Å²) >= 11 is 5.84. The topological polar surface area (TPSA) is 96.6 Å². The first kappa shape index (κ1) is 23.0. The Labute approximate surface area is 187 Å². The van der Waals surface area contributed by atoms with Crippen LogP contribution < -0.4 is 5.56 Å². The molecule has 0 fully saturated rings. The van der Waals surface area contributed by atoms with Gasteiger partial charge in [-0.25, -0.2) is 9.18 Å². The minimum absolute atomic E-state index is 0.0958. The van der Waals surface area contributed by atoms with Crippen molar-refractivity contribution in [1.82, 2.24) is 4.57 Å². The van der Waals surface area contributed by atoms with E-state index in [9.17, 15) is 23.9 Å². The Morgan fingerprint density at radius 2 is 1.81 bits per heavy atom. The lowest BCUT2D eigenvalue weighted by Gasteiger charge is -2.13. The minimum atomic E-state index is -1.77. The number of ketones is 1. The molecule has 0 aliphatic carbocycles. The molecule has 2 aromatic carbocycles. The second kappa shape index (κ2) is 9.62. The number of carboxylic acid groups (broad SMARTS) is 1. The number of rotatable bonds is 7. The largest absolute Gasteiger partial charge is 0.507 e. The molecule has 32 heavy (non-hydrogen) atoms. The SMILES string of the molecule is Cc1cccc(Cc2cc(C(O)=CC(=O)C(=O)O)c(=O)n(Cc3cccc(Cl)c3F)c2)c1. The van der Waals surface area contributed by atoms with Crippen LogP contribution in [0.3, 0.4) is 0 Å². The van der Waals surface area contributed by atoms with Crippen molar-refractivity contribution in [1.29, 1.82) is 0 Å². The van der Waals surface area contributed by atoms with Gasteiger partial charge in [-0.15, -0.1) is 0 Å². The number of aromatic nitrogens is 1. The third-order valence-corrected chi connectivity index (χ3v) is 5.05. The first-order valence-electron chi connectivity index (χ1n) is 9.56. The van der Waals surface area contributed by atoms with E-state index in [0.717, 1.165) is 11.1 Å². The number of benzene rings is 2. The first-order chi connectivity index (χ1) is 15.2. The van der Waals surface area contributed by atoms with Gasteiger partial charge < -0.3 is 14.8 Å². The van der Waals surface area contributed by atoms with Gasteiger partial charge in [-0.2, -0.15) is 0 Å². The summed E-state index contributed by atoms with van der Waals surface area (Å²) in [5, 5.41) is 19.0. The molecule has 8 heteroatoms. The molecule has 0 amide bonds. The van der Waals surface area contributed by atoms with Crippen molar-refractivity contribution in [3.05, 3.63) is 110 Å². The van der Waals surface area contributed by atoms with Gasteiger partial charge in [0.25, 0.3) is 11.3 Å². The normalized spacial score (nSPS) is 11.4. The smallest absolute Gasteiger partial charge is 0.376 e. The molecule has 0 bridgehead atoms. The van der Waals surface area contributed by atoms with E-state index in [4.69, 9.17) is 16.7 Å². The van der Waals surface area contributed by atoms with Gasteiger partial charge in [-0.05, 0) is 36.6 Å². The zero-order valence-corrected chi connectivity index (χ0v) is 17.8. The predicted octanol–water partition coefficient (Wildman–Crippen LogP) is 4.14. The van der Waals surface area contributed by atoms with Gasteiger partial charge in [0.2, 0.25) is 0 Å². The van der Waals surface area contributed by atoms with Crippen molar-refractivity contribution in [2.24, 2.45) is 0 Å². The molecule has 3 rings (SSSR count). The summed E-state index contributed by atoms with van der Waals surface area (Å²) in [7, 11) is 0. The number of hydrogen-bond acceptors (Lipinski definition) is 4. The van der Waals surface area contributed by atoms with Crippen molar-refractivity contribution in [2.45, 2.75) is 19.9 Å². The maximum absolute atomic E-state index is 14.4. The summed E-state index contributed by atoms with van der Waals surface area (Å²) < 4.78 is 15.6. The molecule has 6 nitrogen and oxygen atoms in total. The summed E-state index contributed by atoms with van der Waals surface area (Å²) in [6, 6.07) is 13.5. The van der Waals surface area contributed by atoms with Gasteiger partial charge in [-0.1, -0.05) is 53.6 Å². The third kappa shape index (κ3) is 5.31. The second-order valence-electron chi connectivity index (χ2n) is 7.27. The van der Waals surface area contributed by atoms with Crippen LogP contribution in [0.5, 0.6) is 0 Å². The number of aryl methyl sites for hydroxylation is 1. The molecule has 0 saturated carbocycles. The molecule has 0 saturated heterocycles. The second-order valence-corrected chi connectivity index (χ2v) is 7.68. The lowest BCUT2D eigenvalue weighted by atomic mass is 10.0. The van der Waals surface area contributed by atoms with Crippen LogP contribution in [0.4, 0.5) is 4.39 Å². The van der Waals surface area contributed by atoms with Crippen molar-refractivity contribution in [3.8, 4) is 0 Å². The maximum atomic E-state index is 14.4. The van der Waals surface area contributed by atoms with Gasteiger partial charge in [0.15, 0.2) is 0 Å². The van der Waals surface area contributed by atoms with Crippen molar-refractivity contribution in [3.63, 3.8) is 0 Å². The molecule has 0 aliphatic heterocycles. The van der Waals surface area contributed by atoms with Crippen molar-refractivity contribution >= 4 is 29.1 Å². The molecule has 0 spiro atoms. The molecule has 3 aromatic rings. The number of aliphatic carboxylic acids is 1. The number of carbonyl (C=O) groups is 2. The van der Waals surface area contributed by atoms with E-state index in [1.807, 2.05) is 31.2 Å². The molecule has 1 aromatic heterocycles. The summed E-state index contributed by atoms with van der Waals surface area (Å²) in [5.41, 5.74) is 1.72. The summed E-state index contributed by atoms with van der Waals surface area (Å²) in [4.78, 5) is 35.3. The molecule has 1 heterocycles. The monoisotopic (exact) mass is 455 g/mol. The van der Waals surface area contributed by atoms with Crippen molar-refractivity contribution in [2.75, 3.05) is 0 Å². The number of pyridine rings is 1. The molecule has 0 radical (unpaired) electrons. The van der Waals surface area contributed by atoms with E-state index in [0.29, 0.717) is 18.1 Å². The van der Waals surface area contributed by atoms with Crippen LogP contribution in [0, 0.1) is 12.7 Å². The fourth-order valence-electron chi connectivity index (χ4n) is 3.27. The van der Waals surface area contributed by atoms with Gasteiger partial charge in [0, 0.05) is 17.8 Å². The number of nitrogens with zero attached hydrogens (tertiary/aromatic N) is 1. The highest BCUT2D eigenvalue weighted by Gasteiger charge is 2.17. The highest BCUT2D eigenvalue weighted by molar-refractivity contribution is 6.38. The highest BCUT2D eigenvalue weighted by atomic mass is 35.5. The van der Waals surface area contributed by atoms with Crippen LogP contribution in [0.15, 0.2) is 65.6 Å². The predicted molar refractivity (Wildman–Crippen MR) is 118 cm³/mol. The molecule has 2 N–H and O–H groups in total. The lowest BCUT2D eigenvalue weighted by molar-refractivity contribution is -0.146. The molecular formula is C24H19ClFNO5. The average molecular weight is 456 g/mol. The summed E-state index contributed by atoms with van der Waals surface area (Å²) in [6.07, 6.45) is 2.38. The summed E-state index contributed by atoms with van der Waals surface area (Å²) in [5.74, 6) is -4.60. The standard InChI is InChI=1S/C24H19ClFNO5/c1-14-4-2-5-15(8-14)9-16-10-18(20(28)11-21(29)24(31)32)23(30)27(12-16)13-17-6-3-7-19(25)22(17)26/h2-8,10-12,28H,9,13H2,1H3,(H,31,32). The minimum Gasteiger partial charge on any atom is -0.507 e. The van der Waals surface area contributed by atoms with Gasteiger partial charge in [-0.3, -0.25) is 9.59 Å². The lowest BCUT2D eigenvalue weighted by Crippen LogP contribution is -2.25. The fraction of sp³-hybridized carbons (Fsp3) is 0.125. The number of aliphatic hydroxyl groups excluding tert-OH is 1. The Bertz CT molecular complexity index is 1300. The van der Waals surface area contributed by atoms with Crippen LogP contribution >= 0.6 is 11.6 Å². The molecule has 0 atom stereocenters. The zero-order chi connectivity index (χ0) is 23.4. The zero-order valence-electron chi connectivity index (χ0n) is 17.0. The Hall–Kier alpha value is -3.71. The van der Waals surface area contributed by atoms with Gasteiger partial charge in [0.1, 0.15) is 11.6 Å². The number of hydrogen-bond donors (Lipinski definition) is 2. The Morgan fingerprint density at radius 1 is 1.09 bits per heavy atom. The Kier molecular flexibility index (Phi) is 6.90. The number of aliphatic hydroxyl groups is 1. The van der Waals surface area contributed by atoms with E-state index < -0.39 is 28.9 Å². The Morgan fingerprint density at radius 3 is 2.50 bits per heavy atom. The van der Waals surface area contributed by atoms with Gasteiger partial charge >= 0.3 is 5.97 Å². The van der Waals surface area contributed by atoms with Crippen LogP contribution in [-0.2, 0) is 22.6 Å². The van der Waals surface area contributed by atoms with E-state index >= 15 is 0 Å². The maximum Gasteiger partial charge on any atom is 0.376 e. The molecule has 0 aliphatic rings. The van der Waals surface area contributed by atoms with Crippen LogP contribution in [0.2, 0.25) is 5.02 Å².